The second-order valence-corrected chi connectivity index (χ2v) is 4.81. The topological polar surface area (TPSA) is 61.7 Å². The number of hydrazone groups is 1. The molecule has 0 aromatic heterocycles. The average molecular weight is 290 g/mol. The molecule has 0 unspecified atom stereocenters. The Labute approximate surface area is 127 Å². The van der Waals surface area contributed by atoms with Gasteiger partial charge in [0.25, 0.3) is 0 Å². The maximum absolute atomic E-state index is 12.1. The molecule has 0 aliphatic rings. The SMILES string of the molecule is O=C(/C=N/Nc1ccccc1O)c1ccc2ccccc2c1. The third-order valence-corrected chi connectivity index (χ3v) is 3.30. The van der Waals surface area contributed by atoms with Crippen molar-refractivity contribution in [2.45, 2.75) is 0 Å². The van der Waals surface area contributed by atoms with Crippen molar-refractivity contribution < 1.29 is 9.90 Å². The summed E-state index contributed by atoms with van der Waals surface area (Å²) in [6, 6.07) is 20.1. The Morgan fingerprint density at radius 2 is 1.68 bits per heavy atom. The molecule has 0 aliphatic carbocycles. The fraction of sp³-hybridized carbons (Fsp3) is 0. The Balaban J connectivity index is 1.75. The molecule has 2 N–H and O–H groups in total. The Kier molecular flexibility index (Phi) is 3.83. The quantitative estimate of drug-likeness (QED) is 0.332. The van der Waals surface area contributed by atoms with E-state index in [1.165, 1.54) is 6.21 Å². The van der Waals surface area contributed by atoms with Gasteiger partial charge in [-0.2, -0.15) is 5.10 Å². The first-order chi connectivity index (χ1) is 10.7. The molecule has 0 amide bonds. The van der Waals surface area contributed by atoms with Crippen LogP contribution in [-0.4, -0.2) is 17.1 Å². The predicted molar refractivity (Wildman–Crippen MR) is 88.5 cm³/mol. The lowest BCUT2D eigenvalue weighted by Crippen LogP contribution is -2.02. The lowest BCUT2D eigenvalue weighted by molar-refractivity contribution is 0.107. The Morgan fingerprint density at radius 3 is 2.50 bits per heavy atom. The molecule has 0 saturated heterocycles. The number of hydrogen-bond donors (Lipinski definition) is 2. The van der Waals surface area contributed by atoms with Crippen molar-refractivity contribution >= 4 is 28.5 Å². The van der Waals surface area contributed by atoms with Crippen molar-refractivity contribution in [3.63, 3.8) is 0 Å². The maximum atomic E-state index is 12.1. The molecular weight excluding hydrogens is 276 g/mol. The number of para-hydroxylation sites is 2. The number of anilines is 1. The summed E-state index contributed by atoms with van der Waals surface area (Å²) < 4.78 is 0. The van der Waals surface area contributed by atoms with Crippen LogP contribution in [0.5, 0.6) is 5.75 Å². The van der Waals surface area contributed by atoms with E-state index in [1.54, 1.807) is 30.3 Å². The number of carbonyl (C=O) groups is 1. The van der Waals surface area contributed by atoms with Gasteiger partial charge in [0.05, 0.1) is 11.9 Å². The smallest absolute Gasteiger partial charge is 0.205 e. The van der Waals surface area contributed by atoms with Gasteiger partial charge in [-0.3, -0.25) is 10.2 Å². The molecule has 22 heavy (non-hydrogen) atoms. The number of phenolic OH excluding ortho intramolecular Hbond substituents is 1. The van der Waals surface area contributed by atoms with E-state index >= 15 is 0 Å². The van der Waals surface area contributed by atoms with Crippen molar-refractivity contribution in [3.8, 4) is 5.75 Å². The number of carbonyl (C=O) groups excluding carboxylic acids is 1. The van der Waals surface area contributed by atoms with Crippen LogP contribution in [-0.2, 0) is 0 Å². The van der Waals surface area contributed by atoms with Gasteiger partial charge in [-0.15, -0.1) is 0 Å². The number of phenols is 1. The molecule has 3 aromatic rings. The van der Waals surface area contributed by atoms with Crippen LogP contribution in [0.3, 0.4) is 0 Å². The summed E-state index contributed by atoms with van der Waals surface area (Å²) in [5.41, 5.74) is 3.67. The summed E-state index contributed by atoms with van der Waals surface area (Å²) in [5.74, 6) is -0.119. The van der Waals surface area contributed by atoms with E-state index in [-0.39, 0.29) is 11.5 Å². The van der Waals surface area contributed by atoms with Crippen LogP contribution in [0, 0.1) is 0 Å². The summed E-state index contributed by atoms with van der Waals surface area (Å²) in [5, 5.41) is 15.6. The molecule has 3 rings (SSSR count). The van der Waals surface area contributed by atoms with Crippen molar-refractivity contribution in [2.24, 2.45) is 5.10 Å². The van der Waals surface area contributed by atoms with E-state index < -0.39 is 0 Å². The molecule has 0 fully saturated rings. The molecule has 0 heterocycles. The van der Waals surface area contributed by atoms with Crippen LogP contribution >= 0.6 is 0 Å². The molecular formula is C18H14N2O2. The van der Waals surface area contributed by atoms with Gasteiger partial charge >= 0.3 is 0 Å². The highest BCUT2D eigenvalue weighted by atomic mass is 16.3. The summed E-state index contributed by atoms with van der Waals surface area (Å²) in [4.78, 5) is 12.1. The monoisotopic (exact) mass is 290 g/mol. The van der Waals surface area contributed by atoms with Gasteiger partial charge in [-0.25, -0.2) is 0 Å². The van der Waals surface area contributed by atoms with Crippen LogP contribution in [0.2, 0.25) is 0 Å². The van der Waals surface area contributed by atoms with Crippen LogP contribution in [0.1, 0.15) is 10.4 Å². The minimum Gasteiger partial charge on any atom is -0.506 e. The van der Waals surface area contributed by atoms with E-state index in [9.17, 15) is 9.90 Å². The minimum absolute atomic E-state index is 0.0813. The first kappa shape index (κ1) is 13.8. The zero-order valence-electron chi connectivity index (χ0n) is 11.7. The average Bonchev–Trinajstić information content (AvgIpc) is 2.56. The first-order valence-electron chi connectivity index (χ1n) is 6.84. The second kappa shape index (κ2) is 6.10. The van der Waals surface area contributed by atoms with Gasteiger partial charge in [0.1, 0.15) is 5.75 Å². The lowest BCUT2D eigenvalue weighted by Gasteiger charge is -2.02. The number of aromatic hydroxyl groups is 1. The highest BCUT2D eigenvalue weighted by molar-refractivity contribution is 6.35. The van der Waals surface area contributed by atoms with Crippen LogP contribution < -0.4 is 5.43 Å². The summed E-state index contributed by atoms with van der Waals surface area (Å²) in [7, 11) is 0. The number of ketones is 1. The Hall–Kier alpha value is -3.14. The van der Waals surface area contributed by atoms with E-state index in [4.69, 9.17) is 0 Å². The Bertz CT molecular complexity index is 856. The number of rotatable bonds is 4. The molecule has 0 saturated carbocycles. The predicted octanol–water partition coefficient (Wildman–Crippen LogP) is 3.83. The molecule has 0 aliphatic heterocycles. The second-order valence-electron chi connectivity index (χ2n) is 4.81. The normalized spacial score (nSPS) is 10.9. The van der Waals surface area contributed by atoms with E-state index in [2.05, 4.69) is 10.5 Å². The molecule has 0 bridgehead atoms. The highest BCUT2D eigenvalue weighted by Gasteiger charge is 2.04. The fourth-order valence-electron chi connectivity index (χ4n) is 2.15. The maximum Gasteiger partial charge on any atom is 0.205 e. The van der Waals surface area contributed by atoms with Crippen molar-refractivity contribution in [3.05, 3.63) is 72.3 Å². The molecule has 0 radical (unpaired) electrons. The number of nitrogens with one attached hydrogen (secondary N) is 1. The van der Waals surface area contributed by atoms with Crippen LogP contribution in [0.25, 0.3) is 10.8 Å². The van der Waals surface area contributed by atoms with E-state index in [0.29, 0.717) is 11.3 Å². The van der Waals surface area contributed by atoms with Gasteiger partial charge in [0.15, 0.2) is 0 Å². The van der Waals surface area contributed by atoms with Gasteiger partial charge < -0.3 is 5.11 Å². The van der Waals surface area contributed by atoms with Gasteiger partial charge in [-0.05, 0) is 29.0 Å². The van der Waals surface area contributed by atoms with Crippen molar-refractivity contribution in [1.82, 2.24) is 0 Å². The van der Waals surface area contributed by atoms with Gasteiger partial charge in [0, 0.05) is 5.56 Å². The van der Waals surface area contributed by atoms with Crippen molar-refractivity contribution in [1.29, 1.82) is 0 Å². The molecule has 0 atom stereocenters. The summed E-state index contributed by atoms with van der Waals surface area (Å²) in [6.07, 6.45) is 1.20. The fourth-order valence-corrected chi connectivity index (χ4v) is 2.15. The minimum atomic E-state index is -0.200. The standard InChI is InChI=1S/C18H14N2O2/c21-17-8-4-3-7-16(17)20-19-12-18(22)15-10-9-13-5-1-2-6-14(13)11-15/h1-12,20-21H/b19-12+. The van der Waals surface area contributed by atoms with Gasteiger partial charge in [0.2, 0.25) is 5.78 Å². The summed E-state index contributed by atoms with van der Waals surface area (Å²) in [6.45, 7) is 0. The number of nitrogens with zero attached hydrogens (tertiary/aromatic N) is 1. The zero-order chi connectivity index (χ0) is 15.4. The largest absolute Gasteiger partial charge is 0.506 e. The van der Waals surface area contributed by atoms with E-state index in [1.807, 2.05) is 36.4 Å². The molecule has 3 aromatic carbocycles. The van der Waals surface area contributed by atoms with Crippen LogP contribution in [0.4, 0.5) is 5.69 Å². The number of fused-ring (bicyclic) bond motifs is 1. The van der Waals surface area contributed by atoms with Crippen molar-refractivity contribution in [2.75, 3.05) is 5.43 Å². The zero-order valence-corrected chi connectivity index (χ0v) is 11.7. The lowest BCUT2D eigenvalue weighted by atomic mass is 10.1. The molecule has 108 valence electrons. The summed E-state index contributed by atoms with van der Waals surface area (Å²) >= 11 is 0. The van der Waals surface area contributed by atoms with Crippen LogP contribution in [0.15, 0.2) is 71.8 Å². The van der Waals surface area contributed by atoms with E-state index in [0.717, 1.165) is 10.8 Å². The molecule has 4 nitrogen and oxygen atoms in total. The first-order valence-corrected chi connectivity index (χ1v) is 6.84. The highest BCUT2D eigenvalue weighted by Crippen LogP contribution is 2.21. The number of hydrogen-bond acceptors (Lipinski definition) is 4. The third kappa shape index (κ3) is 2.96. The molecule has 4 heteroatoms. The Morgan fingerprint density at radius 1 is 0.955 bits per heavy atom. The molecule has 0 spiro atoms. The number of Topliss-reactive ketones (excluding diaryl/α,β-unsaturated/α-hetero) is 1. The third-order valence-electron chi connectivity index (χ3n) is 3.30. The van der Waals surface area contributed by atoms with Gasteiger partial charge in [-0.1, -0.05) is 48.5 Å². The number of benzene rings is 3.